The van der Waals surface area contributed by atoms with E-state index in [0.29, 0.717) is 26.1 Å². The molecule has 0 atom stereocenters. The largest absolute Gasteiger partial charge is 0.422 e. The summed E-state index contributed by atoms with van der Waals surface area (Å²) in [7, 11) is 0. The van der Waals surface area contributed by atoms with E-state index >= 15 is 0 Å². The quantitative estimate of drug-likeness (QED) is 0.239. The van der Waals surface area contributed by atoms with Crippen molar-refractivity contribution in [3.05, 3.63) is 112 Å². The topological polar surface area (TPSA) is 132 Å². The zero-order valence-corrected chi connectivity index (χ0v) is 20.0. The fourth-order valence-corrected chi connectivity index (χ4v) is 4.77. The number of amides is 1. The van der Waals surface area contributed by atoms with Gasteiger partial charge in [-0.1, -0.05) is 65.9 Å². The van der Waals surface area contributed by atoms with Crippen LogP contribution in [0.4, 0.5) is 11.5 Å². The van der Waals surface area contributed by atoms with Gasteiger partial charge in [-0.05, 0) is 36.4 Å². The van der Waals surface area contributed by atoms with Gasteiger partial charge in [0.2, 0.25) is 4.80 Å². The number of thiazole rings is 1. The minimum absolute atomic E-state index is 0.147. The molecular formula is C26H19N7O3S. The van der Waals surface area contributed by atoms with Crippen LogP contribution in [-0.4, -0.2) is 20.4 Å². The number of nitrogens with zero attached hydrogens (tertiary/aromatic N) is 4. The number of hydrogen-bond donors (Lipinski definition) is 3. The van der Waals surface area contributed by atoms with E-state index in [0.717, 1.165) is 11.4 Å². The molecule has 0 aliphatic carbocycles. The van der Waals surface area contributed by atoms with Crippen molar-refractivity contribution in [2.24, 2.45) is 5.10 Å². The Hall–Kier alpha value is -5.16. The number of nitrogens with one attached hydrogen (secondary N) is 2. The van der Waals surface area contributed by atoms with Crippen molar-refractivity contribution in [3.8, 4) is 5.69 Å². The van der Waals surface area contributed by atoms with Crippen LogP contribution in [0.5, 0.6) is 0 Å². The van der Waals surface area contributed by atoms with Gasteiger partial charge in [0.05, 0.1) is 11.4 Å². The third-order valence-electron chi connectivity index (χ3n) is 5.60. The molecule has 37 heavy (non-hydrogen) atoms. The van der Waals surface area contributed by atoms with Crippen LogP contribution < -0.4 is 27.0 Å². The summed E-state index contributed by atoms with van der Waals surface area (Å²) in [5.41, 5.74) is 13.5. The van der Waals surface area contributed by atoms with Gasteiger partial charge in [0.1, 0.15) is 15.8 Å². The van der Waals surface area contributed by atoms with Crippen molar-refractivity contribution < 1.29 is 9.21 Å². The Labute approximate surface area is 212 Å². The maximum Gasteiger partial charge on any atom is 0.349 e. The molecule has 0 spiro atoms. The molecule has 0 fully saturated rings. The monoisotopic (exact) mass is 509 g/mol. The van der Waals surface area contributed by atoms with Crippen LogP contribution in [0.2, 0.25) is 0 Å². The summed E-state index contributed by atoms with van der Waals surface area (Å²) < 4.78 is 9.05. The van der Waals surface area contributed by atoms with Gasteiger partial charge in [-0.25, -0.2) is 14.2 Å². The molecule has 0 saturated heterocycles. The Morgan fingerprint density at radius 2 is 1.68 bits per heavy atom. The standard InChI is InChI=1S/C26H19N7O3S/c27-22-21-24(32(30-22)18-12-5-2-6-13-18)33(26(37-21)29-28-17-10-3-1-4-11-17)31-23(34)19-15-16-9-7-8-14-20(16)36-25(19)35/h1-15,28H,(H2,27,30)(H,31,34)/b29-26-. The van der Waals surface area contributed by atoms with Gasteiger partial charge in [-0.3, -0.25) is 15.6 Å². The van der Waals surface area contributed by atoms with Crippen molar-refractivity contribution in [1.29, 1.82) is 0 Å². The zero-order chi connectivity index (χ0) is 25.4. The number of anilines is 2. The lowest BCUT2D eigenvalue weighted by atomic mass is 10.2. The van der Waals surface area contributed by atoms with Crippen LogP contribution in [-0.2, 0) is 0 Å². The Bertz CT molecular complexity index is 1890. The summed E-state index contributed by atoms with van der Waals surface area (Å²) in [5, 5.41) is 9.60. The summed E-state index contributed by atoms with van der Waals surface area (Å²) in [5.74, 6) is -0.391. The number of carbonyl (C=O) groups is 1. The molecule has 11 heteroatoms. The van der Waals surface area contributed by atoms with E-state index in [9.17, 15) is 9.59 Å². The van der Waals surface area contributed by atoms with Gasteiger partial charge >= 0.3 is 5.63 Å². The second kappa shape index (κ2) is 9.13. The smallest absolute Gasteiger partial charge is 0.349 e. The van der Waals surface area contributed by atoms with E-state index in [1.165, 1.54) is 22.1 Å². The van der Waals surface area contributed by atoms with Gasteiger partial charge in [0.25, 0.3) is 5.91 Å². The first-order valence-electron chi connectivity index (χ1n) is 11.2. The van der Waals surface area contributed by atoms with Crippen molar-refractivity contribution in [2.45, 2.75) is 0 Å². The van der Waals surface area contributed by atoms with E-state index in [4.69, 9.17) is 10.2 Å². The minimum Gasteiger partial charge on any atom is -0.422 e. The van der Waals surface area contributed by atoms with Gasteiger partial charge in [0.15, 0.2) is 11.5 Å². The number of nitrogen functional groups attached to an aromatic ring is 1. The number of fused-ring (bicyclic) bond motifs is 2. The highest BCUT2D eigenvalue weighted by Gasteiger charge is 2.21. The molecule has 0 saturated carbocycles. The molecule has 0 aliphatic rings. The summed E-state index contributed by atoms with van der Waals surface area (Å²) in [4.78, 5) is 26.4. The Kier molecular flexibility index (Phi) is 5.51. The maximum atomic E-state index is 13.4. The predicted molar refractivity (Wildman–Crippen MR) is 143 cm³/mol. The fraction of sp³-hybridized carbons (Fsp3) is 0. The molecule has 182 valence electrons. The molecule has 0 unspecified atom stereocenters. The highest BCUT2D eigenvalue weighted by atomic mass is 32.1. The third kappa shape index (κ3) is 4.13. The van der Waals surface area contributed by atoms with Crippen molar-refractivity contribution >= 4 is 50.1 Å². The van der Waals surface area contributed by atoms with E-state index in [1.54, 1.807) is 28.9 Å². The first kappa shape index (κ1) is 22.3. The third-order valence-corrected chi connectivity index (χ3v) is 6.65. The molecule has 6 aromatic rings. The van der Waals surface area contributed by atoms with E-state index in [1.807, 2.05) is 60.7 Å². The van der Waals surface area contributed by atoms with Crippen molar-refractivity contribution in [1.82, 2.24) is 14.5 Å². The SMILES string of the molecule is Nc1nn(-c2ccccc2)c2c1s/c(=N\Nc1ccccc1)n2NC(=O)c1cc2ccccc2oc1=O. The van der Waals surface area contributed by atoms with Crippen LogP contribution in [0.3, 0.4) is 0 Å². The number of nitrogens with two attached hydrogens (primary N) is 1. The van der Waals surface area contributed by atoms with Crippen LogP contribution >= 0.6 is 11.3 Å². The Morgan fingerprint density at radius 3 is 2.46 bits per heavy atom. The van der Waals surface area contributed by atoms with E-state index < -0.39 is 11.5 Å². The van der Waals surface area contributed by atoms with Crippen LogP contribution in [0.15, 0.2) is 105 Å². The Balaban J connectivity index is 1.51. The zero-order valence-electron chi connectivity index (χ0n) is 19.2. The van der Waals surface area contributed by atoms with E-state index in [2.05, 4.69) is 21.1 Å². The summed E-state index contributed by atoms with van der Waals surface area (Å²) >= 11 is 1.24. The molecule has 3 aromatic heterocycles. The van der Waals surface area contributed by atoms with Gasteiger partial charge in [0, 0.05) is 5.39 Å². The van der Waals surface area contributed by atoms with Crippen LogP contribution in [0.25, 0.3) is 27.0 Å². The molecule has 0 aliphatic heterocycles. The molecule has 0 bridgehead atoms. The number of para-hydroxylation sites is 3. The second-order valence-electron chi connectivity index (χ2n) is 8.02. The molecule has 0 radical (unpaired) electrons. The van der Waals surface area contributed by atoms with Gasteiger partial charge in [-0.2, -0.15) is 0 Å². The highest BCUT2D eigenvalue weighted by molar-refractivity contribution is 7.17. The number of rotatable bonds is 5. The molecule has 3 heterocycles. The fourth-order valence-electron chi connectivity index (χ4n) is 3.86. The minimum atomic E-state index is -0.750. The summed E-state index contributed by atoms with van der Waals surface area (Å²) in [6.07, 6.45) is 0. The average Bonchev–Trinajstić information content (AvgIpc) is 3.45. The first-order valence-corrected chi connectivity index (χ1v) is 12.0. The van der Waals surface area contributed by atoms with Gasteiger partial charge < -0.3 is 10.2 Å². The second-order valence-corrected chi connectivity index (χ2v) is 9.00. The Morgan fingerprint density at radius 1 is 0.973 bits per heavy atom. The molecular weight excluding hydrogens is 490 g/mol. The molecule has 4 N–H and O–H groups in total. The number of aromatic nitrogens is 3. The lowest BCUT2D eigenvalue weighted by Gasteiger charge is -2.10. The number of hydrogen-bond acceptors (Lipinski definition) is 8. The van der Waals surface area contributed by atoms with Crippen molar-refractivity contribution in [3.63, 3.8) is 0 Å². The summed E-state index contributed by atoms with van der Waals surface area (Å²) in [6.45, 7) is 0. The summed E-state index contributed by atoms with van der Waals surface area (Å²) in [6, 6.07) is 27.2. The molecule has 10 nitrogen and oxygen atoms in total. The molecule has 1 amide bonds. The average molecular weight is 510 g/mol. The van der Waals surface area contributed by atoms with Crippen molar-refractivity contribution in [2.75, 3.05) is 16.6 Å². The van der Waals surface area contributed by atoms with Crippen LogP contribution in [0, 0.1) is 0 Å². The van der Waals surface area contributed by atoms with E-state index in [-0.39, 0.29) is 11.4 Å². The lowest BCUT2D eigenvalue weighted by Crippen LogP contribution is -2.34. The normalized spacial score (nSPS) is 11.7. The first-order chi connectivity index (χ1) is 18.1. The molecule has 3 aromatic carbocycles. The predicted octanol–water partition coefficient (Wildman–Crippen LogP) is 3.89. The van der Waals surface area contributed by atoms with Crippen LogP contribution in [0.1, 0.15) is 10.4 Å². The lowest BCUT2D eigenvalue weighted by molar-refractivity contribution is 0.100. The van der Waals surface area contributed by atoms with Gasteiger partial charge in [-0.15, -0.1) is 10.2 Å². The highest BCUT2D eigenvalue weighted by Crippen LogP contribution is 2.26. The maximum absolute atomic E-state index is 13.4. The molecule has 6 rings (SSSR count). The number of carbonyl (C=O) groups excluding carboxylic acids is 1. The number of benzene rings is 3.